The van der Waals surface area contributed by atoms with Gasteiger partial charge in [0.2, 0.25) is 0 Å². The highest BCUT2D eigenvalue weighted by molar-refractivity contribution is 5.87. The molecule has 0 atom stereocenters. The van der Waals surface area contributed by atoms with Gasteiger partial charge in [0, 0.05) is 18.1 Å². The molecule has 0 aliphatic carbocycles. The van der Waals surface area contributed by atoms with E-state index in [1.54, 1.807) is 6.07 Å². The third-order valence-corrected chi connectivity index (χ3v) is 3.02. The number of rotatable bonds is 4. The van der Waals surface area contributed by atoms with Crippen molar-refractivity contribution in [3.8, 4) is 5.75 Å². The van der Waals surface area contributed by atoms with E-state index in [4.69, 9.17) is 0 Å². The first-order chi connectivity index (χ1) is 7.74. The van der Waals surface area contributed by atoms with E-state index in [2.05, 4.69) is 23.0 Å². The van der Waals surface area contributed by atoms with E-state index in [1.165, 1.54) is 5.69 Å². The van der Waals surface area contributed by atoms with Crippen LogP contribution in [0, 0.1) is 0 Å². The normalized spacial score (nSPS) is 11.1. The van der Waals surface area contributed by atoms with Gasteiger partial charge in [-0.1, -0.05) is 6.07 Å². The van der Waals surface area contributed by atoms with Crippen molar-refractivity contribution in [2.24, 2.45) is 7.05 Å². The van der Waals surface area contributed by atoms with E-state index in [-0.39, 0.29) is 0 Å². The lowest BCUT2D eigenvalue weighted by atomic mass is 10.2. The number of aromatic hydroxyl groups is 1. The maximum absolute atomic E-state index is 9.75. The van der Waals surface area contributed by atoms with E-state index in [9.17, 15) is 5.11 Å². The SMILES string of the molecule is CNCCCc1cc2c(O)cccc2n1C. The molecule has 0 fully saturated rings. The second kappa shape index (κ2) is 4.58. The van der Waals surface area contributed by atoms with Crippen molar-refractivity contribution in [3.63, 3.8) is 0 Å². The van der Waals surface area contributed by atoms with Crippen LogP contribution in [0.2, 0.25) is 0 Å². The Bertz CT molecular complexity index is 488. The number of benzene rings is 1. The minimum Gasteiger partial charge on any atom is -0.507 e. The van der Waals surface area contributed by atoms with E-state index in [0.717, 1.165) is 30.3 Å². The van der Waals surface area contributed by atoms with Crippen molar-refractivity contribution < 1.29 is 5.11 Å². The largest absolute Gasteiger partial charge is 0.507 e. The molecular formula is C13H18N2O. The van der Waals surface area contributed by atoms with Crippen LogP contribution in [-0.4, -0.2) is 23.3 Å². The first-order valence-electron chi connectivity index (χ1n) is 5.65. The zero-order chi connectivity index (χ0) is 11.5. The summed E-state index contributed by atoms with van der Waals surface area (Å²) in [7, 11) is 4.02. The van der Waals surface area contributed by atoms with Crippen LogP contribution in [0.25, 0.3) is 10.9 Å². The highest BCUT2D eigenvalue weighted by atomic mass is 16.3. The van der Waals surface area contributed by atoms with Gasteiger partial charge < -0.3 is 15.0 Å². The minimum absolute atomic E-state index is 0.368. The van der Waals surface area contributed by atoms with Gasteiger partial charge in [-0.05, 0) is 44.6 Å². The number of hydrogen-bond acceptors (Lipinski definition) is 2. The fourth-order valence-corrected chi connectivity index (χ4v) is 2.09. The van der Waals surface area contributed by atoms with Crippen LogP contribution in [0.15, 0.2) is 24.3 Å². The van der Waals surface area contributed by atoms with E-state index < -0.39 is 0 Å². The predicted molar refractivity (Wildman–Crippen MR) is 66.8 cm³/mol. The van der Waals surface area contributed by atoms with Crippen LogP contribution < -0.4 is 5.32 Å². The van der Waals surface area contributed by atoms with E-state index >= 15 is 0 Å². The second-order valence-electron chi connectivity index (χ2n) is 4.11. The number of aryl methyl sites for hydroxylation is 2. The molecule has 2 aromatic rings. The highest BCUT2D eigenvalue weighted by Gasteiger charge is 2.07. The maximum atomic E-state index is 9.75. The smallest absolute Gasteiger partial charge is 0.124 e. The minimum atomic E-state index is 0.368. The summed E-state index contributed by atoms with van der Waals surface area (Å²) >= 11 is 0. The van der Waals surface area contributed by atoms with Gasteiger partial charge in [0.05, 0.1) is 5.52 Å². The molecule has 86 valence electrons. The average Bonchev–Trinajstić information content (AvgIpc) is 2.59. The Morgan fingerprint density at radius 1 is 1.38 bits per heavy atom. The first kappa shape index (κ1) is 11.0. The lowest BCUT2D eigenvalue weighted by Gasteiger charge is -2.03. The Morgan fingerprint density at radius 3 is 2.88 bits per heavy atom. The summed E-state index contributed by atoms with van der Waals surface area (Å²) in [4.78, 5) is 0. The van der Waals surface area contributed by atoms with Crippen LogP contribution in [0.5, 0.6) is 5.75 Å². The molecule has 0 saturated heterocycles. The quantitative estimate of drug-likeness (QED) is 0.771. The lowest BCUT2D eigenvalue weighted by Crippen LogP contribution is -2.09. The molecule has 0 unspecified atom stereocenters. The summed E-state index contributed by atoms with van der Waals surface area (Å²) in [5.41, 5.74) is 2.37. The maximum Gasteiger partial charge on any atom is 0.124 e. The van der Waals surface area contributed by atoms with E-state index in [0.29, 0.717) is 5.75 Å². The summed E-state index contributed by atoms with van der Waals surface area (Å²) in [5.74, 6) is 0.368. The van der Waals surface area contributed by atoms with Gasteiger partial charge in [-0.25, -0.2) is 0 Å². The fraction of sp³-hybridized carbons (Fsp3) is 0.385. The van der Waals surface area contributed by atoms with Crippen LogP contribution in [0.1, 0.15) is 12.1 Å². The zero-order valence-electron chi connectivity index (χ0n) is 9.83. The van der Waals surface area contributed by atoms with E-state index in [1.807, 2.05) is 19.2 Å². The standard InChI is InChI=1S/C13H18N2O/c1-14-8-4-5-10-9-11-12(15(10)2)6-3-7-13(11)16/h3,6-7,9,14,16H,4-5,8H2,1-2H3. The van der Waals surface area contributed by atoms with Gasteiger partial charge in [0.1, 0.15) is 5.75 Å². The van der Waals surface area contributed by atoms with Crippen molar-refractivity contribution in [1.29, 1.82) is 0 Å². The zero-order valence-corrected chi connectivity index (χ0v) is 9.83. The summed E-state index contributed by atoms with van der Waals surface area (Å²) in [6.45, 7) is 1.02. The van der Waals surface area contributed by atoms with Crippen LogP contribution >= 0.6 is 0 Å². The van der Waals surface area contributed by atoms with Crippen molar-refractivity contribution in [2.75, 3.05) is 13.6 Å². The Labute approximate surface area is 95.7 Å². The van der Waals surface area contributed by atoms with Gasteiger partial charge in [0.15, 0.2) is 0 Å². The van der Waals surface area contributed by atoms with Crippen molar-refractivity contribution >= 4 is 10.9 Å². The van der Waals surface area contributed by atoms with Crippen LogP contribution in [0.4, 0.5) is 0 Å². The molecule has 3 heteroatoms. The number of hydrogen-bond donors (Lipinski definition) is 2. The highest BCUT2D eigenvalue weighted by Crippen LogP contribution is 2.27. The summed E-state index contributed by atoms with van der Waals surface area (Å²) < 4.78 is 2.16. The molecule has 0 spiro atoms. The molecule has 1 aromatic heterocycles. The molecule has 3 nitrogen and oxygen atoms in total. The van der Waals surface area contributed by atoms with Crippen molar-refractivity contribution in [3.05, 3.63) is 30.0 Å². The van der Waals surface area contributed by atoms with Crippen LogP contribution in [-0.2, 0) is 13.5 Å². The molecule has 0 aliphatic rings. The number of nitrogens with one attached hydrogen (secondary N) is 1. The first-order valence-corrected chi connectivity index (χ1v) is 5.65. The van der Waals surface area contributed by atoms with Gasteiger partial charge >= 0.3 is 0 Å². The fourth-order valence-electron chi connectivity index (χ4n) is 2.09. The van der Waals surface area contributed by atoms with Gasteiger partial charge in [-0.3, -0.25) is 0 Å². The van der Waals surface area contributed by atoms with Crippen molar-refractivity contribution in [1.82, 2.24) is 9.88 Å². The van der Waals surface area contributed by atoms with Gasteiger partial charge in [-0.15, -0.1) is 0 Å². The van der Waals surface area contributed by atoms with Gasteiger partial charge in [-0.2, -0.15) is 0 Å². The number of phenols is 1. The third kappa shape index (κ3) is 1.91. The predicted octanol–water partition coefficient (Wildman–Crippen LogP) is 2.04. The lowest BCUT2D eigenvalue weighted by molar-refractivity contribution is 0.481. The summed E-state index contributed by atoms with van der Waals surface area (Å²) in [6.07, 6.45) is 2.15. The third-order valence-electron chi connectivity index (χ3n) is 3.02. The molecule has 1 aromatic carbocycles. The number of phenolic OH excluding ortho intramolecular Hbond substituents is 1. The molecule has 2 N–H and O–H groups in total. The Kier molecular flexibility index (Phi) is 3.15. The van der Waals surface area contributed by atoms with Crippen LogP contribution in [0.3, 0.4) is 0 Å². The second-order valence-corrected chi connectivity index (χ2v) is 4.11. The summed E-state index contributed by atoms with van der Waals surface area (Å²) in [5, 5.41) is 13.8. The number of nitrogens with zero attached hydrogens (tertiary/aromatic N) is 1. The monoisotopic (exact) mass is 218 g/mol. The van der Waals surface area contributed by atoms with Gasteiger partial charge in [0.25, 0.3) is 0 Å². The Morgan fingerprint density at radius 2 is 2.19 bits per heavy atom. The topological polar surface area (TPSA) is 37.2 Å². The Balaban J connectivity index is 2.33. The Hall–Kier alpha value is -1.48. The summed E-state index contributed by atoms with van der Waals surface area (Å²) in [6, 6.07) is 7.74. The molecule has 0 aliphatic heterocycles. The molecule has 1 heterocycles. The molecular weight excluding hydrogens is 200 g/mol. The number of aromatic nitrogens is 1. The molecule has 0 saturated carbocycles. The molecule has 0 amide bonds. The van der Waals surface area contributed by atoms with Crippen molar-refractivity contribution in [2.45, 2.75) is 12.8 Å². The molecule has 0 bridgehead atoms. The average molecular weight is 218 g/mol. The molecule has 2 rings (SSSR count). The molecule has 16 heavy (non-hydrogen) atoms. The number of fused-ring (bicyclic) bond motifs is 1. The molecule has 0 radical (unpaired) electrons.